The number of carbonyl (C=O) groups is 1. The van der Waals surface area contributed by atoms with Crippen LogP contribution >= 0.6 is 0 Å². The van der Waals surface area contributed by atoms with Crippen molar-refractivity contribution in [2.45, 2.75) is 0 Å². The molecule has 1 aromatic heterocycles. The summed E-state index contributed by atoms with van der Waals surface area (Å²) in [4.78, 5) is 15.7. The molecular weight excluding hydrogens is 351 g/mol. The Hall–Kier alpha value is -3.49. The third-order valence-electron chi connectivity index (χ3n) is 3.64. The van der Waals surface area contributed by atoms with Crippen LogP contribution in [0.1, 0.15) is 10.4 Å². The SMILES string of the molecule is COc1cc2nccc(Oc3c(F)cc(N)c(F)c3F)c2cc1C(N)=O. The molecule has 0 aliphatic carbocycles. The van der Waals surface area contributed by atoms with Gasteiger partial charge in [-0.3, -0.25) is 9.78 Å². The fourth-order valence-corrected chi connectivity index (χ4v) is 2.40. The van der Waals surface area contributed by atoms with E-state index >= 15 is 0 Å². The quantitative estimate of drug-likeness (QED) is 0.548. The number of amides is 1. The molecule has 6 nitrogen and oxygen atoms in total. The van der Waals surface area contributed by atoms with Gasteiger partial charge in [0.15, 0.2) is 11.6 Å². The lowest BCUT2D eigenvalue weighted by molar-refractivity contribution is 0.0997. The highest BCUT2D eigenvalue weighted by atomic mass is 19.2. The van der Waals surface area contributed by atoms with Gasteiger partial charge in [-0.25, -0.2) is 8.78 Å². The Kier molecular flexibility index (Phi) is 4.29. The van der Waals surface area contributed by atoms with Crippen molar-refractivity contribution in [3.63, 3.8) is 0 Å². The summed E-state index contributed by atoms with van der Waals surface area (Å²) in [6.45, 7) is 0. The van der Waals surface area contributed by atoms with Gasteiger partial charge in [-0.05, 0) is 12.1 Å². The van der Waals surface area contributed by atoms with E-state index in [2.05, 4.69) is 4.98 Å². The van der Waals surface area contributed by atoms with Crippen LogP contribution in [0.4, 0.5) is 18.9 Å². The van der Waals surface area contributed by atoms with Gasteiger partial charge < -0.3 is 20.9 Å². The van der Waals surface area contributed by atoms with Crippen LogP contribution in [-0.4, -0.2) is 18.0 Å². The van der Waals surface area contributed by atoms with E-state index in [1.807, 2.05) is 0 Å². The van der Waals surface area contributed by atoms with Gasteiger partial charge in [0.1, 0.15) is 11.5 Å². The van der Waals surface area contributed by atoms with Gasteiger partial charge in [-0.1, -0.05) is 0 Å². The van der Waals surface area contributed by atoms with Crippen LogP contribution in [0.2, 0.25) is 0 Å². The molecule has 0 bridgehead atoms. The second kappa shape index (κ2) is 6.43. The molecule has 0 atom stereocenters. The molecule has 9 heteroatoms. The summed E-state index contributed by atoms with van der Waals surface area (Å²) in [5, 5.41) is 0.220. The molecule has 0 aliphatic heterocycles. The number of fused-ring (bicyclic) bond motifs is 1. The molecule has 0 saturated heterocycles. The summed E-state index contributed by atoms with van der Waals surface area (Å²) < 4.78 is 51.9. The number of aromatic nitrogens is 1. The number of methoxy groups -OCH3 is 1. The van der Waals surface area contributed by atoms with Crippen LogP contribution in [0.3, 0.4) is 0 Å². The Morgan fingerprint density at radius 1 is 1.12 bits per heavy atom. The lowest BCUT2D eigenvalue weighted by Crippen LogP contribution is -2.12. The van der Waals surface area contributed by atoms with E-state index in [0.717, 1.165) is 0 Å². The van der Waals surface area contributed by atoms with E-state index in [1.54, 1.807) is 0 Å². The van der Waals surface area contributed by atoms with Gasteiger partial charge >= 0.3 is 0 Å². The number of pyridine rings is 1. The van der Waals surface area contributed by atoms with Crippen LogP contribution in [0, 0.1) is 17.5 Å². The number of ether oxygens (including phenoxy) is 2. The number of primary amides is 1. The van der Waals surface area contributed by atoms with Crippen molar-refractivity contribution < 1.29 is 27.4 Å². The van der Waals surface area contributed by atoms with E-state index in [4.69, 9.17) is 20.9 Å². The molecule has 134 valence electrons. The van der Waals surface area contributed by atoms with Crippen molar-refractivity contribution in [3.05, 3.63) is 53.5 Å². The predicted molar refractivity (Wildman–Crippen MR) is 87.6 cm³/mol. The van der Waals surface area contributed by atoms with E-state index in [-0.39, 0.29) is 22.4 Å². The van der Waals surface area contributed by atoms with Crippen molar-refractivity contribution in [2.75, 3.05) is 12.8 Å². The van der Waals surface area contributed by atoms with Gasteiger partial charge in [0.05, 0.1) is 23.9 Å². The molecule has 3 aromatic rings. The van der Waals surface area contributed by atoms with E-state index in [0.29, 0.717) is 11.6 Å². The average Bonchev–Trinajstić information content (AvgIpc) is 2.62. The second-order valence-electron chi connectivity index (χ2n) is 5.25. The number of carbonyl (C=O) groups excluding carboxylic acids is 1. The smallest absolute Gasteiger partial charge is 0.252 e. The highest BCUT2D eigenvalue weighted by Crippen LogP contribution is 2.36. The first-order chi connectivity index (χ1) is 12.3. The van der Waals surface area contributed by atoms with Gasteiger partial charge in [0, 0.05) is 23.7 Å². The molecule has 2 aromatic carbocycles. The molecule has 0 radical (unpaired) electrons. The van der Waals surface area contributed by atoms with Crippen molar-refractivity contribution in [2.24, 2.45) is 5.73 Å². The maximum Gasteiger partial charge on any atom is 0.252 e. The number of hydrogen-bond donors (Lipinski definition) is 2. The normalized spacial score (nSPS) is 10.8. The number of rotatable bonds is 4. The summed E-state index contributed by atoms with van der Waals surface area (Å²) in [7, 11) is 1.34. The minimum Gasteiger partial charge on any atom is -0.496 e. The predicted octanol–water partition coefficient (Wildman–Crippen LogP) is 3.13. The van der Waals surface area contributed by atoms with E-state index < -0.39 is 34.8 Å². The molecule has 0 aliphatic rings. The van der Waals surface area contributed by atoms with Crippen LogP contribution < -0.4 is 20.9 Å². The summed E-state index contributed by atoms with van der Waals surface area (Å²) >= 11 is 0. The van der Waals surface area contributed by atoms with Crippen molar-refractivity contribution in [3.8, 4) is 17.2 Å². The molecule has 0 saturated carbocycles. The maximum atomic E-state index is 14.0. The molecule has 1 amide bonds. The number of halogens is 3. The lowest BCUT2D eigenvalue weighted by atomic mass is 10.1. The van der Waals surface area contributed by atoms with Crippen LogP contribution in [0.25, 0.3) is 10.9 Å². The molecule has 4 N–H and O–H groups in total. The van der Waals surface area contributed by atoms with Gasteiger partial charge in [-0.15, -0.1) is 0 Å². The molecule has 0 spiro atoms. The zero-order valence-electron chi connectivity index (χ0n) is 13.3. The maximum absolute atomic E-state index is 14.0. The molecule has 3 rings (SSSR count). The topological polar surface area (TPSA) is 100 Å². The summed E-state index contributed by atoms with van der Waals surface area (Å²) in [5.41, 5.74) is 10.1. The zero-order chi connectivity index (χ0) is 19.0. The van der Waals surface area contributed by atoms with Crippen molar-refractivity contribution in [1.82, 2.24) is 4.98 Å². The average molecular weight is 363 g/mol. The summed E-state index contributed by atoms with van der Waals surface area (Å²) in [5.74, 6) is -5.84. The minimum atomic E-state index is -1.57. The number of nitrogens with zero attached hydrogens (tertiary/aromatic N) is 1. The number of benzene rings is 2. The Morgan fingerprint density at radius 2 is 1.85 bits per heavy atom. The Bertz CT molecular complexity index is 1040. The van der Waals surface area contributed by atoms with Crippen LogP contribution in [-0.2, 0) is 0 Å². The van der Waals surface area contributed by atoms with Gasteiger partial charge in [0.25, 0.3) is 5.91 Å². The molecule has 0 unspecified atom stereocenters. The summed E-state index contributed by atoms with van der Waals surface area (Å²) in [6, 6.07) is 4.63. The summed E-state index contributed by atoms with van der Waals surface area (Å²) in [6.07, 6.45) is 1.31. The van der Waals surface area contributed by atoms with Gasteiger partial charge in [0.2, 0.25) is 11.6 Å². The third kappa shape index (κ3) is 2.83. The number of anilines is 1. The van der Waals surface area contributed by atoms with E-state index in [1.165, 1.54) is 31.5 Å². The van der Waals surface area contributed by atoms with Crippen molar-refractivity contribution in [1.29, 1.82) is 0 Å². The first-order valence-electron chi connectivity index (χ1n) is 7.20. The van der Waals surface area contributed by atoms with Crippen LogP contribution in [0.5, 0.6) is 17.2 Å². The molecular formula is C17H12F3N3O3. The largest absolute Gasteiger partial charge is 0.496 e. The van der Waals surface area contributed by atoms with Crippen molar-refractivity contribution >= 4 is 22.5 Å². The Labute approximate surface area is 145 Å². The minimum absolute atomic E-state index is 0.0160. The number of hydrogen-bond acceptors (Lipinski definition) is 5. The number of nitrogens with two attached hydrogens (primary N) is 2. The Morgan fingerprint density at radius 3 is 2.50 bits per heavy atom. The highest BCUT2D eigenvalue weighted by Gasteiger charge is 2.21. The molecule has 1 heterocycles. The molecule has 26 heavy (non-hydrogen) atoms. The first-order valence-corrected chi connectivity index (χ1v) is 7.20. The second-order valence-corrected chi connectivity index (χ2v) is 5.25. The highest BCUT2D eigenvalue weighted by molar-refractivity contribution is 6.01. The first kappa shape index (κ1) is 17.3. The van der Waals surface area contributed by atoms with Gasteiger partial charge in [-0.2, -0.15) is 4.39 Å². The zero-order valence-corrected chi connectivity index (χ0v) is 13.3. The van der Waals surface area contributed by atoms with E-state index in [9.17, 15) is 18.0 Å². The standard InChI is InChI=1S/C17H12F3N3O3/c1-25-13-6-11-7(4-8(13)17(22)24)12(2-3-23-11)26-16-9(18)5-10(21)14(19)15(16)20/h2-6H,21H2,1H3,(H2,22,24). The molecule has 0 fully saturated rings. The fourth-order valence-electron chi connectivity index (χ4n) is 2.40. The number of nitrogen functional groups attached to an aromatic ring is 1. The third-order valence-corrected chi connectivity index (χ3v) is 3.64. The van der Waals surface area contributed by atoms with Crippen LogP contribution in [0.15, 0.2) is 30.5 Å². The monoisotopic (exact) mass is 363 g/mol. The lowest BCUT2D eigenvalue weighted by Gasteiger charge is -2.13. The fraction of sp³-hybridized carbons (Fsp3) is 0.0588. The Balaban J connectivity index is 2.19.